The molecule has 0 aromatic carbocycles. The van der Waals surface area contributed by atoms with Crippen molar-refractivity contribution in [2.45, 2.75) is 25.4 Å². The van der Waals surface area contributed by atoms with Crippen LogP contribution in [0.1, 0.15) is 19.8 Å². The Kier molecular flexibility index (Phi) is 0.869. The maximum atomic E-state index is 5.49. The van der Waals surface area contributed by atoms with E-state index in [1.165, 1.54) is 0 Å². The largest absolute Gasteiger partial charge is 0.313 e. The van der Waals surface area contributed by atoms with E-state index in [1.807, 2.05) is 0 Å². The quantitative estimate of drug-likeness (QED) is 0.422. The van der Waals surface area contributed by atoms with Crippen molar-refractivity contribution in [1.82, 2.24) is 0 Å². The summed E-state index contributed by atoms with van der Waals surface area (Å²) in [6, 6.07) is 0. The molecule has 0 amide bonds. The Morgan fingerprint density at radius 2 is 1.86 bits per heavy atom. The molecule has 1 aliphatic carbocycles. The Morgan fingerprint density at radius 1 is 1.43 bits per heavy atom. The van der Waals surface area contributed by atoms with E-state index in [0.29, 0.717) is 0 Å². The summed E-state index contributed by atoms with van der Waals surface area (Å²) in [4.78, 5) is 0. The standard InChI is InChI=1S/C5H12N2/c1-4-2-5(6,7)3-4/h4H,2-3,6-7H2,1H3. The van der Waals surface area contributed by atoms with E-state index in [-0.39, 0.29) is 5.66 Å². The van der Waals surface area contributed by atoms with Crippen LogP contribution < -0.4 is 11.5 Å². The van der Waals surface area contributed by atoms with Crippen molar-refractivity contribution in [2.24, 2.45) is 17.4 Å². The lowest BCUT2D eigenvalue weighted by atomic mass is 9.77. The lowest BCUT2D eigenvalue weighted by Crippen LogP contribution is -2.58. The third kappa shape index (κ3) is 0.924. The zero-order valence-corrected chi connectivity index (χ0v) is 4.65. The van der Waals surface area contributed by atoms with Crippen molar-refractivity contribution in [3.05, 3.63) is 0 Å². The lowest BCUT2D eigenvalue weighted by molar-refractivity contribution is 0.170. The third-order valence-electron chi connectivity index (χ3n) is 1.46. The Balaban J connectivity index is 2.29. The van der Waals surface area contributed by atoms with Crippen LogP contribution in [0.5, 0.6) is 0 Å². The summed E-state index contributed by atoms with van der Waals surface area (Å²) in [6.45, 7) is 2.16. The molecular formula is C5H12N2. The molecule has 42 valence electrons. The molecule has 1 aliphatic rings. The summed E-state index contributed by atoms with van der Waals surface area (Å²) in [5.74, 6) is 0.759. The van der Waals surface area contributed by atoms with Gasteiger partial charge >= 0.3 is 0 Å². The van der Waals surface area contributed by atoms with Crippen molar-refractivity contribution < 1.29 is 0 Å². The smallest absolute Gasteiger partial charge is 0.0641 e. The fourth-order valence-corrected chi connectivity index (χ4v) is 1.24. The van der Waals surface area contributed by atoms with Crippen LogP contribution in [0.25, 0.3) is 0 Å². The number of hydrogen-bond acceptors (Lipinski definition) is 2. The summed E-state index contributed by atoms with van der Waals surface area (Å²) in [5.41, 5.74) is 10.7. The van der Waals surface area contributed by atoms with Crippen LogP contribution >= 0.6 is 0 Å². The van der Waals surface area contributed by atoms with Gasteiger partial charge < -0.3 is 11.5 Å². The molecule has 0 unspecified atom stereocenters. The first kappa shape index (κ1) is 5.06. The topological polar surface area (TPSA) is 52.0 Å². The molecule has 1 rings (SSSR count). The van der Waals surface area contributed by atoms with E-state index >= 15 is 0 Å². The first-order valence-corrected chi connectivity index (χ1v) is 2.68. The zero-order valence-electron chi connectivity index (χ0n) is 4.65. The summed E-state index contributed by atoms with van der Waals surface area (Å²) in [7, 11) is 0. The molecule has 0 heterocycles. The molecule has 0 radical (unpaired) electrons. The van der Waals surface area contributed by atoms with E-state index < -0.39 is 0 Å². The van der Waals surface area contributed by atoms with Gasteiger partial charge in [-0.3, -0.25) is 0 Å². The van der Waals surface area contributed by atoms with Gasteiger partial charge in [0.05, 0.1) is 5.66 Å². The minimum Gasteiger partial charge on any atom is -0.313 e. The van der Waals surface area contributed by atoms with Crippen molar-refractivity contribution in [3.8, 4) is 0 Å². The maximum absolute atomic E-state index is 5.49. The average Bonchev–Trinajstić information content (AvgIpc) is 1.27. The Labute approximate surface area is 43.9 Å². The molecule has 1 fully saturated rings. The van der Waals surface area contributed by atoms with Gasteiger partial charge in [-0.2, -0.15) is 0 Å². The third-order valence-corrected chi connectivity index (χ3v) is 1.46. The molecule has 0 aromatic heterocycles. The molecule has 4 N–H and O–H groups in total. The molecule has 0 saturated heterocycles. The summed E-state index contributed by atoms with van der Waals surface area (Å²) >= 11 is 0. The van der Waals surface area contributed by atoms with Gasteiger partial charge in [-0.1, -0.05) is 6.92 Å². The highest BCUT2D eigenvalue weighted by Gasteiger charge is 2.33. The Bertz CT molecular complexity index is 70.1. The lowest BCUT2D eigenvalue weighted by Gasteiger charge is -2.39. The fourth-order valence-electron chi connectivity index (χ4n) is 1.24. The van der Waals surface area contributed by atoms with Crippen LogP contribution in [0.2, 0.25) is 0 Å². The van der Waals surface area contributed by atoms with E-state index in [4.69, 9.17) is 11.5 Å². The molecule has 2 heteroatoms. The van der Waals surface area contributed by atoms with E-state index in [9.17, 15) is 0 Å². The van der Waals surface area contributed by atoms with Gasteiger partial charge in [0.2, 0.25) is 0 Å². The van der Waals surface area contributed by atoms with E-state index in [0.717, 1.165) is 18.8 Å². The second-order valence-corrected chi connectivity index (χ2v) is 2.75. The molecular weight excluding hydrogens is 88.1 g/mol. The summed E-state index contributed by atoms with van der Waals surface area (Å²) in [5, 5.41) is 0. The van der Waals surface area contributed by atoms with Crippen LogP contribution in [-0.2, 0) is 0 Å². The van der Waals surface area contributed by atoms with E-state index in [2.05, 4.69) is 6.92 Å². The molecule has 7 heavy (non-hydrogen) atoms. The normalized spacial score (nSPS) is 29.6. The minimum absolute atomic E-state index is 0.306. The van der Waals surface area contributed by atoms with Gasteiger partial charge in [0.1, 0.15) is 0 Å². The van der Waals surface area contributed by atoms with Crippen molar-refractivity contribution in [2.75, 3.05) is 0 Å². The van der Waals surface area contributed by atoms with Crippen LogP contribution in [0.15, 0.2) is 0 Å². The number of rotatable bonds is 0. The van der Waals surface area contributed by atoms with Crippen LogP contribution in [0, 0.1) is 5.92 Å². The second kappa shape index (κ2) is 1.20. The molecule has 0 bridgehead atoms. The van der Waals surface area contributed by atoms with Gasteiger partial charge in [0.15, 0.2) is 0 Å². The highest BCUT2D eigenvalue weighted by molar-refractivity contribution is 4.90. The van der Waals surface area contributed by atoms with Gasteiger partial charge in [0.25, 0.3) is 0 Å². The van der Waals surface area contributed by atoms with Gasteiger partial charge in [-0.15, -0.1) is 0 Å². The van der Waals surface area contributed by atoms with Crippen LogP contribution in [0.3, 0.4) is 0 Å². The minimum atomic E-state index is -0.306. The van der Waals surface area contributed by atoms with Crippen molar-refractivity contribution >= 4 is 0 Å². The second-order valence-electron chi connectivity index (χ2n) is 2.75. The van der Waals surface area contributed by atoms with Gasteiger partial charge in [0, 0.05) is 0 Å². The van der Waals surface area contributed by atoms with Crippen LogP contribution in [-0.4, -0.2) is 5.66 Å². The first-order chi connectivity index (χ1) is 3.10. The van der Waals surface area contributed by atoms with Crippen molar-refractivity contribution in [3.63, 3.8) is 0 Å². The molecule has 0 spiro atoms. The number of nitrogens with two attached hydrogens (primary N) is 2. The fraction of sp³-hybridized carbons (Fsp3) is 1.00. The molecule has 0 aliphatic heterocycles. The highest BCUT2D eigenvalue weighted by Crippen LogP contribution is 2.30. The summed E-state index contributed by atoms with van der Waals surface area (Å²) < 4.78 is 0. The maximum Gasteiger partial charge on any atom is 0.0641 e. The monoisotopic (exact) mass is 100 g/mol. The van der Waals surface area contributed by atoms with E-state index in [1.54, 1.807) is 0 Å². The average molecular weight is 100 g/mol. The van der Waals surface area contributed by atoms with Gasteiger partial charge in [-0.05, 0) is 18.8 Å². The molecule has 1 saturated carbocycles. The highest BCUT2D eigenvalue weighted by atomic mass is 15.0. The predicted octanol–water partition coefficient (Wildman–Crippen LogP) is 0.0300. The van der Waals surface area contributed by atoms with Crippen molar-refractivity contribution in [1.29, 1.82) is 0 Å². The summed E-state index contributed by atoms with van der Waals surface area (Å²) in [6.07, 6.45) is 1.99. The van der Waals surface area contributed by atoms with Gasteiger partial charge in [-0.25, -0.2) is 0 Å². The number of hydrogen-bond donors (Lipinski definition) is 2. The molecule has 0 aromatic rings. The first-order valence-electron chi connectivity index (χ1n) is 2.68. The molecule has 2 nitrogen and oxygen atoms in total. The van der Waals surface area contributed by atoms with Crippen LogP contribution in [0.4, 0.5) is 0 Å². The Morgan fingerprint density at radius 3 is 1.86 bits per heavy atom. The zero-order chi connectivity index (χ0) is 5.49. The Hall–Kier alpha value is -0.0800. The predicted molar refractivity (Wildman–Crippen MR) is 29.5 cm³/mol. The molecule has 0 atom stereocenters. The SMILES string of the molecule is CC1CC(N)(N)C1.